The van der Waals surface area contributed by atoms with Gasteiger partial charge in [-0.1, -0.05) is 19.8 Å². The highest BCUT2D eigenvalue weighted by Gasteiger charge is 2.03. The SMILES string of the molecule is CCCCCOc1cc[c]c(C(=O)Cl)c1. The molecule has 2 nitrogen and oxygen atoms in total. The first-order valence-corrected chi connectivity index (χ1v) is 5.46. The van der Waals surface area contributed by atoms with Gasteiger partial charge in [0, 0.05) is 5.56 Å². The Balaban J connectivity index is 2.47. The van der Waals surface area contributed by atoms with Crippen LogP contribution in [0.25, 0.3) is 0 Å². The van der Waals surface area contributed by atoms with E-state index in [0.29, 0.717) is 17.9 Å². The van der Waals surface area contributed by atoms with Crippen LogP contribution in [0.15, 0.2) is 18.2 Å². The second-order valence-corrected chi connectivity index (χ2v) is 3.61. The van der Waals surface area contributed by atoms with E-state index in [2.05, 4.69) is 13.0 Å². The predicted molar refractivity (Wildman–Crippen MR) is 60.5 cm³/mol. The van der Waals surface area contributed by atoms with E-state index < -0.39 is 5.24 Å². The standard InChI is InChI=1S/C12H14ClO2/c1-2-3-4-8-15-11-7-5-6-10(9-11)12(13)14/h5,7,9H,2-4,8H2,1H3. The van der Waals surface area contributed by atoms with E-state index in [1.807, 2.05) is 0 Å². The molecule has 0 saturated heterocycles. The van der Waals surface area contributed by atoms with E-state index >= 15 is 0 Å². The number of ether oxygens (including phenoxy) is 1. The lowest BCUT2D eigenvalue weighted by Gasteiger charge is -2.05. The van der Waals surface area contributed by atoms with Crippen molar-refractivity contribution in [2.75, 3.05) is 6.61 Å². The Morgan fingerprint density at radius 2 is 2.33 bits per heavy atom. The lowest BCUT2D eigenvalue weighted by molar-refractivity contribution is 0.108. The van der Waals surface area contributed by atoms with E-state index in [-0.39, 0.29) is 0 Å². The molecular formula is C12H14ClO2. The Morgan fingerprint density at radius 1 is 1.53 bits per heavy atom. The quantitative estimate of drug-likeness (QED) is 0.548. The summed E-state index contributed by atoms with van der Waals surface area (Å²) in [5.41, 5.74) is 0.352. The van der Waals surface area contributed by atoms with Crippen molar-refractivity contribution in [3.8, 4) is 5.75 Å². The molecule has 0 amide bonds. The lowest BCUT2D eigenvalue weighted by atomic mass is 10.2. The van der Waals surface area contributed by atoms with E-state index in [9.17, 15) is 4.79 Å². The number of benzene rings is 1. The van der Waals surface area contributed by atoms with Crippen molar-refractivity contribution in [3.05, 3.63) is 29.8 Å². The Morgan fingerprint density at radius 3 is 3.00 bits per heavy atom. The number of unbranched alkanes of at least 4 members (excludes halogenated alkanes) is 2. The van der Waals surface area contributed by atoms with Crippen LogP contribution < -0.4 is 4.74 Å². The van der Waals surface area contributed by atoms with E-state index in [1.54, 1.807) is 18.2 Å². The highest BCUT2D eigenvalue weighted by molar-refractivity contribution is 6.67. The first-order valence-electron chi connectivity index (χ1n) is 5.08. The van der Waals surface area contributed by atoms with Crippen molar-refractivity contribution in [1.82, 2.24) is 0 Å². The molecule has 0 fully saturated rings. The fourth-order valence-corrected chi connectivity index (χ4v) is 1.30. The summed E-state index contributed by atoms with van der Waals surface area (Å²) in [7, 11) is 0. The third-order valence-corrected chi connectivity index (χ3v) is 2.21. The minimum atomic E-state index is -0.506. The van der Waals surface area contributed by atoms with Crippen LogP contribution in [0.5, 0.6) is 5.75 Å². The van der Waals surface area contributed by atoms with E-state index in [0.717, 1.165) is 19.3 Å². The Kier molecular flexibility index (Phi) is 5.19. The molecule has 81 valence electrons. The largest absolute Gasteiger partial charge is 0.494 e. The monoisotopic (exact) mass is 225 g/mol. The van der Waals surface area contributed by atoms with Crippen molar-refractivity contribution in [3.63, 3.8) is 0 Å². The summed E-state index contributed by atoms with van der Waals surface area (Å²) in [5.74, 6) is 0.675. The molecule has 0 aromatic heterocycles. The number of rotatable bonds is 6. The van der Waals surface area contributed by atoms with Gasteiger partial charge in [0.25, 0.3) is 5.24 Å². The molecule has 0 aliphatic rings. The van der Waals surface area contributed by atoms with Gasteiger partial charge >= 0.3 is 0 Å². The summed E-state index contributed by atoms with van der Waals surface area (Å²) in [6.07, 6.45) is 3.34. The summed E-state index contributed by atoms with van der Waals surface area (Å²) >= 11 is 5.33. The van der Waals surface area contributed by atoms with Crippen molar-refractivity contribution >= 4 is 16.8 Å². The molecular weight excluding hydrogens is 212 g/mol. The number of halogens is 1. The third kappa shape index (κ3) is 4.34. The third-order valence-electron chi connectivity index (χ3n) is 2.00. The number of carbonyl (C=O) groups is 1. The van der Waals surface area contributed by atoms with E-state index in [1.165, 1.54) is 0 Å². The normalized spacial score (nSPS) is 10.0. The molecule has 0 saturated carbocycles. The first-order chi connectivity index (χ1) is 7.24. The second-order valence-electron chi connectivity index (χ2n) is 3.27. The fourth-order valence-electron chi connectivity index (χ4n) is 1.19. The zero-order chi connectivity index (χ0) is 11.1. The molecule has 1 rings (SSSR count). The number of hydrogen-bond donors (Lipinski definition) is 0. The van der Waals surface area contributed by atoms with Crippen LogP contribution >= 0.6 is 11.6 Å². The molecule has 15 heavy (non-hydrogen) atoms. The Labute approximate surface area is 95.2 Å². The van der Waals surface area contributed by atoms with Gasteiger partial charge in [-0.2, -0.15) is 0 Å². The fraction of sp³-hybridized carbons (Fsp3) is 0.417. The number of hydrogen-bond acceptors (Lipinski definition) is 2. The molecule has 0 N–H and O–H groups in total. The molecule has 0 spiro atoms. The van der Waals surface area contributed by atoms with Crippen molar-refractivity contribution in [2.45, 2.75) is 26.2 Å². The van der Waals surface area contributed by atoms with Crippen molar-refractivity contribution in [2.24, 2.45) is 0 Å². The van der Waals surface area contributed by atoms with Crippen LogP contribution in [0.3, 0.4) is 0 Å². The molecule has 0 atom stereocenters. The van der Waals surface area contributed by atoms with Crippen LogP contribution in [0.4, 0.5) is 0 Å². The second kappa shape index (κ2) is 6.46. The van der Waals surface area contributed by atoms with Crippen LogP contribution in [0.1, 0.15) is 36.5 Å². The smallest absolute Gasteiger partial charge is 0.253 e. The zero-order valence-corrected chi connectivity index (χ0v) is 9.51. The molecule has 0 aliphatic carbocycles. The number of carbonyl (C=O) groups excluding carboxylic acids is 1. The molecule has 0 aliphatic heterocycles. The van der Waals surface area contributed by atoms with E-state index in [4.69, 9.17) is 16.3 Å². The summed E-state index contributed by atoms with van der Waals surface area (Å²) in [5, 5.41) is -0.506. The van der Waals surface area contributed by atoms with Gasteiger partial charge in [-0.05, 0) is 42.3 Å². The van der Waals surface area contributed by atoms with Crippen LogP contribution in [0.2, 0.25) is 0 Å². The maximum Gasteiger partial charge on any atom is 0.253 e. The average Bonchev–Trinajstić information content (AvgIpc) is 2.25. The lowest BCUT2D eigenvalue weighted by Crippen LogP contribution is -1.98. The molecule has 1 aromatic carbocycles. The molecule has 0 unspecified atom stereocenters. The molecule has 1 radical (unpaired) electrons. The Hall–Kier alpha value is -1.02. The highest BCUT2D eigenvalue weighted by Crippen LogP contribution is 2.14. The first kappa shape index (κ1) is 12.1. The van der Waals surface area contributed by atoms with Gasteiger partial charge in [0.05, 0.1) is 6.61 Å². The van der Waals surface area contributed by atoms with Gasteiger partial charge in [-0.3, -0.25) is 4.79 Å². The topological polar surface area (TPSA) is 26.3 Å². The van der Waals surface area contributed by atoms with Gasteiger partial charge < -0.3 is 4.74 Å². The summed E-state index contributed by atoms with van der Waals surface area (Å²) in [4.78, 5) is 10.9. The molecule has 3 heteroatoms. The minimum absolute atomic E-state index is 0.352. The summed E-state index contributed by atoms with van der Waals surface area (Å²) in [6.45, 7) is 2.81. The zero-order valence-electron chi connectivity index (χ0n) is 8.75. The highest BCUT2D eigenvalue weighted by atomic mass is 35.5. The molecule has 0 heterocycles. The average molecular weight is 226 g/mol. The molecule has 0 bridgehead atoms. The van der Waals surface area contributed by atoms with Gasteiger partial charge in [0.1, 0.15) is 5.75 Å². The van der Waals surface area contributed by atoms with Crippen molar-refractivity contribution in [1.29, 1.82) is 0 Å². The summed E-state index contributed by atoms with van der Waals surface area (Å²) in [6, 6.07) is 7.78. The maximum absolute atomic E-state index is 10.9. The minimum Gasteiger partial charge on any atom is -0.494 e. The van der Waals surface area contributed by atoms with Crippen molar-refractivity contribution < 1.29 is 9.53 Å². The maximum atomic E-state index is 10.9. The van der Waals surface area contributed by atoms with Gasteiger partial charge in [0.2, 0.25) is 0 Å². The Bertz CT molecular complexity index is 323. The molecule has 1 aromatic rings. The van der Waals surface area contributed by atoms with Crippen LogP contribution in [-0.4, -0.2) is 11.8 Å². The van der Waals surface area contributed by atoms with Crippen LogP contribution in [-0.2, 0) is 0 Å². The van der Waals surface area contributed by atoms with Gasteiger partial charge in [-0.25, -0.2) is 0 Å². The van der Waals surface area contributed by atoms with Gasteiger partial charge in [0.15, 0.2) is 0 Å². The van der Waals surface area contributed by atoms with Crippen LogP contribution in [0, 0.1) is 6.07 Å². The van der Waals surface area contributed by atoms with Gasteiger partial charge in [-0.15, -0.1) is 0 Å². The summed E-state index contributed by atoms with van der Waals surface area (Å²) < 4.78 is 5.47. The predicted octanol–water partition coefficient (Wildman–Crippen LogP) is 3.43.